The van der Waals surface area contributed by atoms with Gasteiger partial charge in [-0.15, -0.1) is 0 Å². The molecule has 0 saturated heterocycles. The molecule has 0 spiro atoms. The number of aromatic nitrogens is 1. The second-order valence-corrected chi connectivity index (χ2v) is 3.33. The Bertz CT molecular complexity index is 486. The Morgan fingerprint density at radius 1 is 1.27 bits per heavy atom. The minimum Gasteiger partial charge on any atom is -0.437 e. The molecule has 1 heterocycles. The van der Waals surface area contributed by atoms with E-state index < -0.39 is 0 Å². The first-order valence-corrected chi connectivity index (χ1v) is 4.72. The number of carbonyl (C=O) groups is 1. The molecule has 15 heavy (non-hydrogen) atoms. The second kappa shape index (κ2) is 3.69. The van der Waals surface area contributed by atoms with E-state index >= 15 is 0 Å². The van der Waals surface area contributed by atoms with Crippen LogP contribution < -0.4 is 0 Å². The number of nitrogens with zero attached hydrogens (tertiary/aromatic N) is 1. The lowest BCUT2D eigenvalue weighted by Gasteiger charge is -1.96. The Labute approximate surface area is 87.8 Å². The molecule has 0 bridgehead atoms. The maximum Gasteiger partial charge on any atom is 0.197 e. The Kier molecular flexibility index (Phi) is 2.37. The van der Waals surface area contributed by atoms with Gasteiger partial charge in [-0.25, -0.2) is 4.98 Å². The summed E-state index contributed by atoms with van der Waals surface area (Å²) in [6, 6.07) is 9.55. The molecular formula is C12H11NO2. The van der Waals surface area contributed by atoms with Gasteiger partial charge in [-0.05, 0) is 0 Å². The van der Waals surface area contributed by atoms with Gasteiger partial charge in [0.05, 0.1) is 0 Å². The molecule has 1 aromatic heterocycles. The topological polar surface area (TPSA) is 43.1 Å². The molecule has 0 radical (unpaired) electrons. The van der Waals surface area contributed by atoms with Gasteiger partial charge in [0.15, 0.2) is 17.4 Å². The van der Waals surface area contributed by atoms with E-state index in [0.717, 1.165) is 5.56 Å². The third-order valence-corrected chi connectivity index (χ3v) is 2.10. The number of hydrogen-bond acceptors (Lipinski definition) is 3. The van der Waals surface area contributed by atoms with Gasteiger partial charge in [-0.1, -0.05) is 30.3 Å². The summed E-state index contributed by atoms with van der Waals surface area (Å²) in [5, 5.41) is 0. The summed E-state index contributed by atoms with van der Waals surface area (Å²) in [6.07, 6.45) is 0. The zero-order valence-electron chi connectivity index (χ0n) is 8.65. The lowest BCUT2D eigenvalue weighted by Crippen LogP contribution is -1.92. The van der Waals surface area contributed by atoms with Gasteiger partial charge >= 0.3 is 0 Å². The summed E-state index contributed by atoms with van der Waals surface area (Å²) in [7, 11) is 0. The summed E-state index contributed by atoms with van der Waals surface area (Å²) >= 11 is 0. The molecule has 1 aromatic carbocycles. The standard InChI is InChI=1S/C12H11NO2/c1-8(14)12-11(13-9(2)15-12)10-6-4-3-5-7-10/h3-7H,1-2H3. The van der Waals surface area contributed by atoms with E-state index in [2.05, 4.69) is 4.98 Å². The van der Waals surface area contributed by atoms with Crippen LogP contribution >= 0.6 is 0 Å². The zero-order valence-corrected chi connectivity index (χ0v) is 8.65. The van der Waals surface area contributed by atoms with E-state index in [-0.39, 0.29) is 5.78 Å². The van der Waals surface area contributed by atoms with Gasteiger partial charge in [-0.2, -0.15) is 0 Å². The number of oxazole rings is 1. The molecule has 0 aliphatic rings. The van der Waals surface area contributed by atoms with Gasteiger partial charge in [0.1, 0.15) is 5.69 Å². The van der Waals surface area contributed by atoms with Crippen molar-refractivity contribution in [1.82, 2.24) is 4.98 Å². The monoisotopic (exact) mass is 201 g/mol. The van der Waals surface area contributed by atoms with Gasteiger partial charge in [0.2, 0.25) is 0 Å². The fraction of sp³-hybridized carbons (Fsp3) is 0.167. The van der Waals surface area contributed by atoms with Crippen LogP contribution in [0.5, 0.6) is 0 Å². The van der Waals surface area contributed by atoms with Crippen molar-refractivity contribution in [2.75, 3.05) is 0 Å². The molecule has 2 rings (SSSR count). The third-order valence-electron chi connectivity index (χ3n) is 2.10. The molecule has 0 unspecified atom stereocenters. The van der Waals surface area contributed by atoms with Crippen LogP contribution in [0.3, 0.4) is 0 Å². The van der Waals surface area contributed by atoms with Crippen molar-refractivity contribution in [1.29, 1.82) is 0 Å². The number of Topliss-reactive ketones (excluding diaryl/α,β-unsaturated/α-hetero) is 1. The van der Waals surface area contributed by atoms with Crippen molar-refractivity contribution in [3.05, 3.63) is 42.0 Å². The highest BCUT2D eigenvalue weighted by Crippen LogP contribution is 2.23. The highest BCUT2D eigenvalue weighted by Gasteiger charge is 2.16. The molecule has 0 aliphatic heterocycles. The SMILES string of the molecule is CC(=O)c1oc(C)nc1-c1ccccc1. The largest absolute Gasteiger partial charge is 0.437 e. The van der Waals surface area contributed by atoms with Crippen LogP contribution in [0.15, 0.2) is 34.7 Å². The Hall–Kier alpha value is -1.90. The molecule has 0 amide bonds. The fourth-order valence-corrected chi connectivity index (χ4v) is 1.46. The number of carbonyl (C=O) groups excluding carboxylic acids is 1. The highest BCUT2D eigenvalue weighted by atomic mass is 16.4. The van der Waals surface area contributed by atoms with E-state index in [4.69, 9.17) is 4.42 Å². The second-order valence-electron chi connectivity index (χ2n) is 3.33. The minimum absolute atomic E-state index is 0.102. The Morgan fingerprint density at radius 3 is 2.53 bits per heavy atom. The number of rotatable bonds is 2. The molecule has 0 atom stereocenters. The molecule has 0 saturated carbocycles. The lowest BCUT2D eigenvalue weighted by atomic mass is 10.1. The first kappa shape index (κ1) is 9.65. The Morgan fingerprint density at radius 2 is 1.93 bits per heavy atom. The number of aryl methyl sites for hydroxylation is 1. The van der Waals surface area contributed by atoms with Crippen LogP contribution in [0.25, 0.3) is 11.3 Å². The smallest absolute Gasteiger partial charge is 0.197 e. The summed E-state index contributed by atoms with van der Waals surface area (Å²) in [5.74, 6) is 0.743. The average Bonchev–Trinajstić information content (AvgIpc) is 2.62. The van der Waals surface area contributed by atoms with Crippen LogP contribution in [0.1, 0.15) is 23.4 Å². The van der Waals surface area contributed by atoms with Gasteiger partial charge < -0.3 is 4.42 Å². The van der Waals surface area contributed by atoms with Crippen molar-refractivity contribution in [2.45, 2.75) is 13.8 Å². The normalized spacial score (nSPS) is 10.3. The van der Waals surface area contributed by atoms with Crippen LogP contribution in [-0.4, -0.2) is 10.8 Å². The minimum atomic E-state index is -0.102. The predicted molar refractivity (Wildman–Crippen MR) is 56.7 cm³/mol. The molecule has 0 fully saturated rings. The van der Waals surface area contributed by atoms with Crippen molar-refractivity contribution in [2.24, 2.45) is 0 Å². The van der Waals surface area contributed by atoms with E-state index in [1.807, 2.05) is 30.3 Å². The highest BCUT2D eigenvalue weighted by molar-refractivity contribution is 5.97. The number of benzene rings is 1. The molecule has 2 aromatic rings. The summed E-state index contributed by atoms with van der Waals surface area (Å²) in [5.41, 5.74) is 1.53. The molecular weight excluding hydrogens is 190 g/mol. The summed E-state index contributed by atoms with van der Waals surface area (Å²) < 4.78 is 5.27. The van der Waals surface area contributed by atoms with Gasteiger partial charge in [-0.3, -0.25) is 4.79 Å². The maximum absolute atomic E-state index is 11.3. The first-order chi connectivity index (χ1) is 7.18. The number of hydrogen-bond donors (Lipinski definition) is 0. The van der Waals surface area contributed by atoms with Crippen LogP contribution in [0.2, 0.25) is 0 Å². The van der Waals surface area contributed by atoms with E-state index in [1.54, 1.807) is 6.92 Å². The molecule has 3 heteroatoms. The third kappa shape index (κ3) is 1.81. The van der Waals surface area contributed by atoms with Crippen molar-refractivity contribution in [3.63, 3.8) is 0 Å². The molecule has 3 nitrogen and oxygen atoms in total. The van der Waals surface area contributed by atoms with E-state index in [9.17, 15) is 4.79 Å². The average molecular weight is 201 g/mol. The van der Waals surface area contributed by atoms with Crippen LogP contribution in [0.4, 0.5) is 0 Å². The summed E-state index contributed by atoms with van der Waals surface area (Å²) in [4.78, 5) is 15.5. The fourth-order valence-electron chi connectivity index (χ4n) is 1.46. The first-order valence-electron chi connectivity index (χ1n) is 4.72. The lowest BCUT2D eigenvalue weighted by molar-refractivity contribution is 0.0987. The van der Waals surface area contributed by atoms with Crippen LogP contribution in [-0.2, 0) is 0 Å². The van der Waals surface area contributed by atoms with Gasteiger partial charge in [0.25, 0.3) is 0 Å². The zero-order chi connectivity index (χ0) is 10.8. The summed E-state index contributed by atoms with van der Waals surface area (Å²) in [6.45, 7) is 3.21. The van der Waals surface area contributed by atoms with E-state index in [0.29, 0.717) is 17.3 Å². The quantitative estimate of drug-likeness (QED) is 0.701. The van der Waals surface area contributed by atoms with E-state index in [1.165, 1.54) is 6.92 Å². The number of ketones is 1. The van der Waals surface area contributed by atoms with Crippen molar-refractivity contribution >= 4 is 5.78 Å². The van der Waals surface area contributed by atoms with Crippen molar-refractivity contribution in [3.8, 4) is 11.3 Å². The molecule has 0 N–H and O–H groups in total. The maximum atomic E-state index is 11.3. The Balaban J connectivity index is 2.58. The van der Waals surface area contributed by atoms with Crippen molar-refractivity contribution < 1.29 is 9.21 Å². The molecule has 0 aliphatic carbocycles. The molecule has 76 valence electrons. The predicted octanol–water partition coefficient (Wildman–Crippen LogP) is 2.85. The van der Waals surface area contributed by atoms with Gasteiger partial charge in [0, 0.05) is 19.4 Å². The van der Waals surface area contributed by atoms with Crippen LogP contribution in [0, 0.1) is 6.92 Å².